The molecule has 0 amide bonds. The second-order valence-corrected chi connectivity index (χ2v) is 8.82. The summed E-state index contributed by atoms with van der Waals surface area (Å²) < 4.78 is 0. The molecule has 0 radical (unpaired) electrons. The second-order valence-electron chi connectivity index (χ2n) is 3.72. The molecule has 1 N–H and O–H groups in total. The third kappa shape index (κ3) is 1.80. The topological polar surface area (TPSA) is 28.7 Å². The van der Waals surface area contributed by atoms with Gasteiger partial charge < -0.3 is 0 Å². The van der Waals surface area contributed by atoms with Gasteiger partial charge in [0.2, 0.25) is 0 Å². The SMILES string of the molecule is C=C(c1cn[nH]c1)[Si](C)(C)C. The van der Waals surface area contributed by atoms with Crippen LogP contribution in [-0.4, -0.2) is 18.3 Å². The molecule has 1 aromatic heterocycles. The highest BCUT2D eigenvalue weighted by molar-refractivity contribution is 6.93. The minimum Gasteiger partial charge on any atom is -0.285 e. The number of aromatic nitrogens is 2. The molecule has 0 aliphatic rings. The van der Waals surface area contributed by atoms with E-state index in [0.29, 0.717) is 0 Å². The van der Waals surface area contributed by atoms with Crippen LogP contribution in [0.15, 0.2) is 19.0 Å². The molecule has 3 heteroatoms. The molecule has 1 rings (SSSR count). The molecule has 0 saturated heterocycles. The Hall–Kier alpha value is -0.833. The van der Waals surface area contributed by atoms with Crippen molar-refractivity contribution in [2.45, 2.75) is 19.6 Å². The molecule has 0 aliphatic carbocycles. The lowest BCUT2D eigenvalue weighted by Crippen LogP contribution is -2.21. The quantitative estimate of drug-likeness (QED) is 0.671. The maximum Gasteiger partial charge on any atom is 0.0777 e. The fourth-order valence-corrected chi connectivity index (χ4v) is 1.85. The van der Waals surface area contributed by atoms with Crippen molar-refractivity contribution in [2.75, 3.05) is 0 Å². The van der Waals surface area contributed by atoms with Crippen molar-refractivity contribution >= 4 is 13.3 Å². The van der Waals surface area contributed by atoms with Crippen LogP contribution >= 0.6 is 0 Å². The third-order valence-electron chi connectivity index (χ3n) is 1.75. The summed E-state index contributed by atoms with van der Waals surface area (Å²) in [6, 6.07) is 0. The first-order valence-electron chi connectivity index (χ1n) is 3.70. The van der Waals surface area contributed by atoms with E-state index in [1.165, 1.54) is 5.20 Å². The molecule has 0 spiro atoms. The Morgan fingerprint density at radius 1 is 1.55 bits per heavy atom. The highest BCUT2D eigenvalue weighted by atomic mass is 28.3. The highest BCUT2D eigenvalue weighted by Crippen LogP contribution is 2.22. The zero-order valence-electron chi connectivity index (χ0n) is 7.31. The zero-order valence-corrected chi connectivity index (χ0v) is 8.31. The largest absolute Gasteiger partial charge is 0.285 e. The Kier molecular flexibility index (Phi) is 2.00. The Bertz CT molecular complexity index is 244. The van der Waals surface area contributed by atoms with Gasteiger partial charge in [0, 0.05) is 11.8 Å². The average molecular weight is 166 g/mol. The van der Waals surface area contributed by atoms with Gasteiger partial charge in [0.05, 0.1) is 14.3 Å². The monoisotopic (exact) mass is 166 g/mol. The molecule has 2 nitrogen and oxygen atoms in total. The minimum absolute atomic E-state index is 1.16. The van der Waals surface area contributed by atoms with Gasteiger partial charge in [-0.1, -0.05) is 31.4 Å². The molecule has 0 aromatic carbocycles. The van der Waals surface area contributed by atoms with Gasteiger partial charge in [0.1, 0.15) is 0 Å². The number of rotatable bonds is 2. The molecule has 0 saturated carbocycles. The van der Waals surface area contributed by atoms with Crippen molar-refractivity contribution in [3.8, 4) is 0 Å². The standard InChI is InChI=1S/C8H14N2Si/c1-7(11(2,3)4)8-5-9-10-6-8/h5-6H,1H2,2-4H3,(H,9,10). The summed E-state index contributed by atoms with van der Waals surface area (Å²) in [4.78, 5) is 0. The Balaban J connectivity index is 2.88. The van der Waals surface area contributed by atoms with Gasteiger partial charge in [-0.2, -0.15) is 5.10 Å². The fraction of sp³-hybridized carbons (Fsp3) is 0.375. The molecule has 0 bridgehead atoms. The van der Waals surface area contributed by atoms with Gasteiger partial charge >= 0.3 is 0 Å². The van der Waals surface area contributed by atoms with E-state index >= 15 is 0 Å². The number of H-pyrrole nitrogens is 1. The van der Waals surface area contributed by atoms with Crippen molar-refractivity contribution in [1.82, 2.24) is 10.2 Å². The van der Waals surface area contributed by atoms with E-state index < -0.39 is 8.07 Å². The van der Waals surface area contributed by atoms with Crippen LogP contribution in [0.4, 0.5) is 0 Å². The van der Waals surface area contributed by atoms with Crippen LogP contribution in [0.2, 0.25) is 19.6 Å². The zero-order chi connectivity index (χ0) is 8.48. The van der Waals surface area contributed by atoms with Crippen LogP contribution in [0.25, 0.3) is 5.20 Å². The first-order valence-corrected chi connectivity index (χ1v) is 7.20. The first kappa shape index (κ1) is 8.27. The number of nitrogens with one attached hydrogen (secondary N) is 1. The third-order valence-corrected chi connectivity index (χ3v) is 3.85. The number of hydrogen-bond donors (Lipinski definition) is 1. The molecular formula is C8H14N2Si. The summed E-state index contributed by atoms with van der Waals surface area (Å²) in [6.45, 7) is 10.9. The lowest BCUT2D eigenvalue weighted by molar-refractivity contribution is 1.09. The van der Waals surface area contributed by atoms with Crippen LogP contribution in [0, 0.1) is 0 Å². The van der Waals surface area contributed by atoms with E-state index in [1.807, 2.05) is 12.4 Å². The predicted octanol–water partition coefficient (Wildman–Crippen LogP) is 2.30. The molecule has 0 aliphatic heterocycles. The van der Waals surface area contributed by atoms with Gasteiger partial charge in [0.25, 0.3) is 0 Å². The van der Waals surface area contributed by atoms with Gasteiger partial charge in [-0.15, -0.1) is 0 Å². The molecule has 1 heterocycles. The summed E-state index contributed by atoms with van der Waals surface area (Å²) >= 11 is 0. The van der Waals surface area contributed by atoms with E-state index in [-0.39, 0.29) is 0 Å². The first-order chi connectivity index (χ1) is 5.02. The van der Waals surface area contributed by atoms with Crippen LogP contribution in [-0.2, 0) is 0 Å². The smallest absolute Gasteiger partial charge is 0.0777 e. The van der Waals surface area contributed by atoms with Gasteiger partial charge in [-0.25, -0.2) is 0 Å². The predicted molar refractivity (Wildman–Crippen MR) is 51.0 cm³/mol. The normalized spacial score (nSPS) is 11.5. The Labute approximate surface area is 68.3 Å². The van der Waals surface area contributed by atoms with E-state index in [4.69, 9.17) is 0 Å². The molecule has 0 unspecified atom stereocenters. The Morgan fingerprint density at radius 3 is 2.55 bits per heavy atom. The number of hydrogen-bond acceptors (Lipinski definition) is 1. The number of nitrogens with zero attached hydrogens (tertiary/aromatic N) is 1. The lowest BCUT2D eigenvalue weighted by Gasteiger charge is -2.17. The number of aromatic amines is 1. The summed E-state index contributed by atoms with van der Waals surface area (Å²) in [5.74, 6) is 0. The molecule has 60 valence electrons. The van der Waals surface area contributed by atoms with Crippen molar-refractivity contribution in [1.29, 1.82) is 0 Å². The highest BCUT2D eigenvalue weighted by Gasteiger charge is 2.19. The maximum absolute atomic E-state index is 4.07. The summed E-state index contributed by atoms with van der Waals surface area (Å²) in [7, 11) is -1.22. The fourth-order valence-electron chi connectivity index (χ4n) is 0.849. The molecule has 0 fully saturated rings. The van der Waals surface area contributed by atoms with Gasteiger partial charge in [-0.05, 0) is 0 Å². The van der Waals surface area contributed by atoms with Gasteiger partial charge in [-0.3, -0.25) is 5.10 Å². The van der Waals surface area contributed by atoms with E-state index in [0.717, 1.165) is 5.56 Å². The molecule has 1 aromatic rings. The molecular weight excluding hydrogens is 152 g/mol. The maximum atomic E-state index is 4.07. The van der Waals surface area contributed by atoms with E-state index in [9.17, 15) is 0 Å². The van der Waals surface area contributed by atoms with E-state index in [2.05, 4.69) is 36.4 Å². The molecule has 0 atom stereocenters. The lowest BCUT2D eigenvalue weighted by atomic mass is 10.4. The van der Waals surface area contributed by atoms with Crippen LogP contribution in [0.1, 0.15) is 5.56 Å². The van der Waals surface area contributed by atoms with E-state index in [1.54, 1.807) is 0 Å². The molecule has 11 heavy (non-hydrogen) atoms. The van der Waals surface area contributed by atoms with Crippen molar-refractivity contribution in [2.24, 2.45) is 0 Å². The van der Waals surface area contributed by atoms with Crippen molar-refractivity contribution in [3.63, 3.8) is 0 Å². The van der Waals surface area contributed by atoms with Crippen LogP contribution < -0.4 is 0 Å². The average Bonchev–Trinajstić information content (AvgIpc) is 2.34. The van der Waals surface area contributed by atoms with Crippen molar-refractivity contribution in [3.05, 3.63) is 24.5 Å². The van der Waals surface area contributed by atoms with Crippen LogP contribution in [0.3, 0.4) is 0 Å². The summed E-state index contributed by atoms with van der Waals surface area (Å²) in [5, 5.41) is 7.94. The summed E-state index contributed by atoms with van der Waals surface area (Å²) in [5.41, 5.74) is 1.16. The second kappa shape index (κ2) is 2.66. The summed E-state index contributed by atoms with van der Waals surface area (Å²) in [6.07, 6.45) is 3.74. The van der Waals surface area contributed by atoms with Crippen molar-refractivity contribution < 1.29 is 0 Å². The van der Waals surface area contributed by atoms with Gasteiger partial charge in [0.15, 0.2) is 0 Å². The van der Waals surface area contributed by atoms with Crippen LogP contribution in [0.5, 0.6) is 0 Å². The Morgan fingerprint density at radius 2 is 2.18 bits per heavy atom. The minimum atomic E-state index is -1.22.